The van der Waals surface area contributed by atoms with Crippen LogP contribution in [0.4, 0.5) is 17.6 Å². The lowest BCUT2D eigenvalue weighted by Gasteiger charge is -2.30. The third kappa shape index (κ3) is 4.21. The first kappa shape index (κ1) is 23.5. The number of rotatable bonds is 4. The Hall–Kier alpha value is -3.90. The van der Waals surface area contributed by atoms with Crippen LogP contribution in [0.1, 0.15) is 18.0 Å². The molecule has 12 heteroatoms. The maximum atomic E-state index is 14.8. The van der Waals surface area contributed by atoms with Gasteiger partial charge in [-0.25, -0.2) is 9.37 Å². The lowest BCUT2D eigenvalue weighted by molar-refractivity contribution is -0.183. The van der Waals surface area contributed by atoms with Crippen LogP contribution in [-0.2, 0) is 7.05 Å². The fraction of sp³-hybridized carbons (Fsp3) is 0.280. The molecule has 0 saturated carbocycles. The number of alkyl halides is 3. The van der Waals surface area contributed by atoms with E-state index in [-0.39, 0.29) is 30.5 Å². The number of fused-ring (bicyclic) bond motifs is 2. The van der Waals surface area contributed by atoms with Crippen LogP contribution in [-0.4, -0.2) is 59.6 Å². The minimum absolute atomic E-state index is 0.0666. The maximum Gasteiger partial charge on any atom is 0.408 e. The van der Waals surface area contributed by atoms with Gasteiger partial charge in [0.25, 0.3) is 0 Å². The molecule has 0 aliphatic carbocycles. The van der Waals surface area contributed by atoms with Crippen LogP contribution in [0, 0.1) is 5.82 Å². The Bertz CT molecular complexity index is 1620. The van der Waals surface area contributed by atoms with Gasteiger partial charge in [-0.1, -0.05) is 12.1 Å². The van der Waals surface area contributed by atoms with Gasteiger partial charge in [-0.2, -0.15) is 18.3 Å². The van der Waals surface area contributed by atoms with Crippen molar-refractivity contribution in [1.29, 1.82) is 0 Å². The first-order valence-corrected chi connectivity index (χ1v) is 11.7. The number of hydrogen-bond acceptors (Lipinski definition) is 6. The quantitative estimate of drug-likeness (QED) is 0.366. The first-order valence-electron chi connectivity index (χ1n) is 11.7. The second-order valence-electron chi connectivity index (χ2n) is 9.33. The van der Waals surface area contributed by atoms with Crippen molar-refractivity contribution in [2.45, 2.75) is 24.7 Å². The van der Waals surface area contributed by atoms with Gasteiger partial charge in [0.2, 0.25) is 0 Å². The average Bonchev–Trinajstić information content (AvgIpc) is 3.57. The minimum atomic E-state index is -4.49. The Kier molecular flexibility index (Phi) is 5.46. The Morgan fingerprint density at radius 1 is 1.08 bits per heavy atom. The van der Waals surface area contributed by atoms with E-state index < -0.39 is 18.0 Å². The van der Waals surface area contributed by atoms with Gasteiger partial charge in [-0.15, -0.1) is 10.2 Å². The molecule has 1 fully saturated rings. The summed E-state index contributed by atoms with van der Waals surface area (Å²) in [5.41, 5.74) is 8.19. The molecule has 1 aromatic carbocycles. The van der Waals surface area contributed by atoms with Crippen molar-refractivity contribution >= 4 is 16.6 Å². The molecule has 2 N–H and O–H groups in total. The van der Waals surface area contributed by atoms with E-state index in [2.05, 4.69) is 20.3 Å². The average molecular weight is 510 g/mol. The standard InChI is InChI=1S/C25H22F4N8/c1-35-11-16(10-31-35)18-9-21-14(8-19(18)26)2-4-20(32-21)24-34-33-22-5-3-15(12-37(22)24)23(25(27,28)29)36-7-6-17(30)13-36/h2-5,8-12,17,23H,6-7,13,30H2,1H3. The third-order valence-electron chi connectivity index (χ3n) is 6.70. The van der Waals surface area contributed by atoms with Crippen molar-refractivity contribution in [2.24, 2.45) is 12.8 Å². The molecule has 5 heterocycles. The smallest absolute Gasteiger partial charge is 0.326 e. The summed E-state index contributed by atoms with van der Waals surface area (Å²) in [5.74, 6) is -0.127. The number of pyridine rings is 2. The lowest BCUT2D eigenvalue weighted by atomic mass is 10.1. The summed E-state index contributed by atoms with van der Waals surface area (Å²) in [5, 5.41) is 13.0. The molecule has 8 nitrogen and oxygen atoms in total. The molecule has 1 aliphatic rings. The summed E-state index contributed by atoms with van der Waals surface area (Å²) >= 11 is 0. The molecule has 2 unspecified atom stereocenters. The van der Waals surface area contributed by atoms with E-state index in [0.29, 0.717) is 39.8 Å². The maximum absolute atomic E-state index is 14.8. The van der Waals surface area contributed by atoms with Crippen molar-refractivity contribution in [2.75, 3.05) is 13.1 Å². The van der Waals surface area contributed by atoms with E-state index in [0.717, 1.165) is 0 Å². The predicted octanol–water partition coefficient (Wildman–Crippen LogP) is 4.12. The predicted molar refractivity (Wildman–Crippen MR) is 129 cm³/mol. The molecular formula is C25H22F4N8. The summed E-state index contributed by atoms with van der Waals surface area (Å²) in [7, 11) is 1.74. The molecule has 6 rings (SSSR count). The number of nitrogens with zero attached hydrogens (tertiary/aromatic N) is 7. The largest absolute Gasteiger partial charge is 0.408 e. The van der Waals surface area contributed by atoms with Crippen LogP contribution in [0.2, 0.25) is 0 Å². The number of hydrogen-bond donors (Lipinski definition) is 1. The zero-order chi connectivity index (χ0) is 25.9. The van der Waals surface area contributed by atoms with Crippen molar-refractivity contribution in [1.82, 2.24) is 34.3 Å². The fourth-order valence-electron chi connectivity index (χ4n) is 4.95. The number of benzene rings is 1. The van der Waals surface area contributed by atoms with Crippen LogP contribution < -0.4 is 5.73 Å². The molecule has 1 saturated heterocycles. The van der Waals surface area contributed by atoms with E-state index in [1.54, 1.807) is 42.3 Å². The highest BCUT2D eigenvalue weighted by Gasteiger charge is 2.46. The monoisotopic (exact) mass is 510 g/mol. The first-order chi connectivity index (χ1) is 17.7. The molecule has 190 valence electrons. The molecule has 1 aliphatic heterocycles. The van der Waals surface area contributed by atoms with Crippen molar-refractivity contribution in [3.8, 4) is 22.6 Å². The van der Waals surface area contributed by atoms with Gasteiger partial charge in [0, 0.05) is 55.1 Å². The number of aromatic nitrogens is 6. The van der Waals surface area contributed by atoms with Gasteiger partial charge in [0.1, 0.15) is 17.6 Å². The van der Waals surface area contributed by atoms with E-state index in [1.807, 2.05) is 0 Å². The summed E-state index contributed by atoms with van der Waals surface area (Å²) in [6.45, 7) is 0.430. The van der Waals surface area contributed by atoms with E-state index >= 15 is 0 Å². The Balaban J connectivity index is 1.44. The second kappa shape index (κ2) is 8.60. The van der Waals surface area contributed by atoms with E-state index in [1.165, 1.54) is 33.7 Å². The zero-order valence-corrected chi connectivity index (χ0v) is 19.7. The lowest BCUT2D eigenvalue weighted by Crippen LogP contribution is -2.38. The van der Waals surface area contributed by atoms with Crippen molar-refractivity contribution in [3.63, 3.8) is 0 Å². The molecule has 0 bridgehead atoms. The Morgan fingerprint density at radius 3 is 2.62 bits per heavy atom. The van der Waals surface area contributed by atoms with Gasteiger partial charge < -0.3 is 5.73 Å². The molecule has 0 radical (unpaired) electrons. The zero-order valence-electron chi connectivity index (χ0n) is 19.7. The SMILES string of the molecule is Cn1cc(-c2cc3nc(-c4nnc5ccc(C(N6CCC(N)C6)C(F)(F)F)cn45)ccc3cc2F)cn1. The van der Waals surface area contributed by atoms with Crippen LogP contribution in [0.15, 0.2) is 55.0 Å². The number of likely N-dealkylation sites (tertiary alicyclic amines) is 1. The van der Waals surface area contributed by atoms with Crippen LogP contribution in [0.25, 0.3) is 39.2 Å². The number of halogens is 4. The summed E-state index contributed by atoms with van der Waals surface area (Å²) in [6.07, 6.45) is 0.692. The summed E-state index contributed by atoms with van der Waals surface area (Å²) in [6, 6.07) is 7.21. The Labute approximate surface area is 208 Å². The topological polar surface area (TPSA) is 90.2 Å². The molecule has 5 aromatic rings. The minimum Gasteiger partial charge on any atom is -0.326 e. The van der Waals surface area contributed by atoms with Crippen LogP contribution in [0.3, 0.4) is 0 Å². The van der Waals surface area contributed by atoms with Crippen LogP contribution >= 0.6 is 0 Å². The van der Waals surface area contributed by atoms with Crippen molar-refractivity contribution < 1.29 is 17.6 Å². The van der Waals surface area contributed by atoms with E-state index in [4.69, 9.17) is 5.73 Å². The molecule has 4 aromatic heterocycles. The third-order valence-corrected chi connectivity index (χ3v) is 6.70. The molecule has 0 amide bonds. The van der Waals surface area contributed by atoms with Gasteiger partial charge in [0.15, 0.2) is 11.5 Å². The molecule has 2 atom stereocenters. The fourth-order valence-corrected chi connectivity index (χ4v) is 4.95. The normalized spacial score (nSPS) is 17.7. The highest BCUT2D eigenvalue weighted by molar-refractivity contribution is 5.86. The Morgan fingerprint density at radius 2 is 1.92 bits per heavy atom. The highest BCUT2D eigenvalue weighted by atomic mass is 19.4. The number of aryl methyl sites for hydroxylation is 1. The summed E-state index contributed by atoms with van der Waals surface area (Å²) < 4.78 is 60.3. The molecule has 37 heavy (non-hydrogen) atoms. The summed E-state index contributed by atoms with van der Waals surface area (Å²) in [4.78, 5) is 6.01. The van der Waals surface area contributed by atoms with Crippen molar-refractivity contribution in [3.05, 3.63) is 66.4 Å². The van der Waals surface area contributed by atoms with Gasteiger partial charge in [-0.3, -0.25) is 14.0 Å². The highest BCUT2D eigenvalue weighted by Crippen LogP contribution is 2.39. The van der Waals surface area contributed by atoms with Gasteiger partial charge in [0.05, 0.1) is 11.7 Å². The second-order valence-corrected chi connectivity index (χ2v) is 9.33. The number of nitrogens with two attached hydrogens (primary N) is 1. The van der Waals surface area contributed by atoms with Gasteiger partial charge >= 0.3 is 6.18 Å². The molecule has 0 spiro atoms. The van der Waals surface area contributed by atoms with Crippen LogP contribution in [0.5, 0.6) is 0 Å². The molecular weight excluding hydrogens is 488 g/mol. The van der Waals surface area contributed by atoms with E-state index in [9.17, 15) is 17.6 Å². The van der Waals surface area contributed by atoms with Gasteiger partial charge in [-0.05, 0) is 36.2 Å².